The molecule has 1 aromatic carbocycles. The average Bonchev–Trinajstić information content (AvgIpc) is 2.41. The van der Waals surface area contributed by atoms with Crippen molar-refractivity contribution >= 4 is 11.6 Å². The van der Waals surface area contributed by atoms with Crippen molar-refractivity contribution in [3.63, 3.8) is 0 Å². The first-order chi connectivity index (χ1) is 9.10. The summed E-state index contributed by atoms with van der Waals surface area (Å²) in [6.45, 7) is 4.30. The molecule has 1 unspecified atom stereocenters. The van der Waals surface area contributed by atoms with Crippen LogP contribution >= 0.6 is 11.6 Å². The lowest BCUT2D eigenvalue weighted by molar-refractivity contribution is 0.114. The van der Waals surface area contributed by atoms with Gasteiger partial charge in [0.1, 0.15) is 11.9 Å². The van der Waals surface area contributed by atoms with Gasteiger partial charge in [0.15, 0.2) is 0 Å². The van der Waals surface area contributed by atoms with Crippen LogP contribution in [0.2, 0.25) is 5.02 Å². The lowest BCUT2D eigenvalue weighted by atomic mass is 10.1. The van der Waals surface area contributed by atoms with E-state index in [4.69, 9.17) is 16.3 Å². The Morgan fingerprint density at radius 2 is 2.05 bits per heavy atom. The molecule has 0 spiro atoms. The van der Waals surface area contributed by atoms with Gasteiger partial charge >= 0.3 is 0 Å². The van der Waals surface area contributed by atoms with Crippen LogP contribution in [-0.4, -0.2) is 38.2 Å². The van der Waals surface area contributed by atoms with E-state index in [-0.39, 0.29) is 6.04 Å². The molecular formula is C15H23ClN2O. The Bertz CT molecular complexity index is 417. The van der Waals surface area contributed by atoms with Gasteiger partial charge in [-0.25, -0.2) is 0 Å². The van der Waals surface area contributed by atoms with Crippen LogP contribution in [0.5, 0.6) is 5.75 Å². The van der Waals surface area contributed by atoms with Gasteiger partial charge in [0, 0.05) is 24.2 Å². The first-order valence-corrected chi connectivity index (χ1v) is 7.30. The molecule has 2 rings (SSSR count). The number of benzene rings is 1. The second-order valence-corrected chi connectivity index (χ2v) is 5.72. The number of hydrogen-bond acceptors (Lipinski definition) is 3. The maximum Gasteiger partial charge on any atom is 0.121 e. The minimum Gasteiger partial charge on any atom is -0.490 e. The maximum absolute atomic E-state index is 6.32. The Morgan fingerprint density at radius 3 is 2.63 bits per heavy atom. The van der Waals surface area contributed by atoms with Crippen molar-refractivity contribution in [3.05, 3.63) is 28.8 Å². The van der Waals surface area contributed by atoms with E-state index >= 15 is 0 Å². The van der Waals surface area contributed by atoms with Gasteiger partial charge in [0.05, 0.1) is 0 Å². The summed E-state index contributed by atoms with van der Waals surface area (Å²) in [5.41, 5.74) is 1.11. The number of rotatable bonds is 4. The molecule has 1 N–H and O–H groups in total. The molecule has 1 heterocycles. The molecule has 0 aliphatic carbocycles. The Morgan fingerprint density at radius 1 is 1.37 bits per heavy atom. The monoisotopic (exact) mass is 282 g/mol. The van der Waals surface area contributed by atoms with Crippen molar-refractivity contribution < 1.29 is 4.74 Å². The van der Waals surface area contributed by atoms with Gasteiger partial charge in [0.25, 0.3) is 0 Å². The van der Waals surface area contributed by atoms with Gasteiger partial charge in [-0.1, -0.05) is 17.7 Å². The molecular weight excluding hydrogens is 260 g/mol. The largest absolute Gasteiger partial charge is 0.490 e. The van der Waals surface area contributed by atoms with Gasteiger partial charge in [-0.2, -0.15) is 0 Å². The lowest BCUT2D eigenvalue weighted by Crippen LogP contribution is -2.35. The standard InChI is InChI=1S/C15H23ClN2O/c1-11(17-2)14-5-4-13(10-15(14)16)19-12-6-8-18(3)9-7-12/h4-5,10-12,17H,6-9H2,1-3H3. The normalized spacial score (nSPS) is 19.4. The van der Waals surface area contributed by atoms with Crippen LogP contribution in [0.3, 0.4) is 0 Å². The van der Waals surface area contributed by atoms with Crippen LogP contribution in [0.4, 0.5) is 0 Å². The van der Waals surface area contributed by atoms with Crippen molar-refractivity contribution in [2.45, 2.75) is 31.9 Å². The predicted molar refractivity (Wildman–Crippen MR) is 80.1 cm³/mol. The Kier molecular flexibility index (Phi) is 5.08. The summed E-state index contributed by atoms with van der Waals surface area (Å²) < 4.78 is 6.02. The third kappa shape index (κ3) is 3.85. The van der Waals surface area contributed by atoms with Crippen molar-refractivity contribution in [3.8, 4) is 5.75 Å². The van der Waals surface area contributed by atoms with E-state index in [0.29, 0.717) is 6.10 Å². The van der Waals surface area contributed by atoms with E-state index in [2.05, 4.69) is 24.2 Å². The second kappa shape index (κ2) is 6.60. The SMILES string of the molecule is CNC(C)c1ccc(OC2CCN(C)CC2)cc1Cl. The molecule has 0 bridgehead atoms. The lowest BCUT2D eigenvalue weighted by Gasteiger charge is -2.29. The summed E-state index contributed by atoms with van der Waals surface area (Å²) in [6.07, 6.45) is 2.49. The zero-order chi connectivity index (χ0) is 13.8. The van der Waals surface area contributed by atoms with Crippen molar-refractivity contribution in [1.82, 2.24) is 10.2 Å². The van der Waals surface area contributed by atoms with Crippen LogP contribution in [0.1, 0.15) is 31.4 Å². The van der Waals surface area contributed by atoms with Crippen molar-refractivity contribution in [2.75, 3.05) is 27.2 Å². The first kappa shape index (κ1) is 14.6. The Balaban J connectivity index is 2.00. The molecule has 1 saturated heterocycles. The molecule has 1 fully saturated rings. The minimum atomic E-state index is 0.255. The maximum atomic E-state index is 6.32. The van der Waals surface area contributed by atoms with E-state index in [1.807, 2.05) is 25.2 Å². The number of hydrogen-bond donors (Lipinski definition) is 1. The molecule has 0 amide bonds. The van der Waals surface area contributed by atoms with Crippen LogP contribution in [0, 0.1) is 0 Å². The fourth-order valence-electron chi connectivity index (χ4n) is 2.38. The van der Waals surface area contributed by atoms with Crippen LogP contribution < -0.4 is 10.1 Å². The van der Waals surface area contributed by atoms with Gasteiger partial charge < -0.3 is 15.0 Å². The number of halogens is 1. The van der Waals surface area contributed by atoms with Gasteiger partial charge in [0.2, 0.25) is 0 Å². The summed E-state index contributed by atoms with van der Waals surface area (Å²) >= 11 is 6.32. The van der Waals surface area contributed by atoms with Gasteiger partial charge in [-0.15, -0.1) is 0 Å². The molecule has 106 valence electrons. The quantitative estimate of drug-likeness (QED) is 0.918. The molecule has 0 aromatic heterocycles. The second-order valence-electron chi connectivity index (χ2n) is 5.31. The molecule has 4 heteroatoms. The highest BCUT2D eigenvalue weighted by atomic mass is 35.5. The molecule has 1 aliphatic heterocycles. The van der Waals surface area contributed by atoms with E-state index in [1.165, 1.54) is 0 Å². The summed E-state index contributed by atoms with van der Waals surface area (Å²) in [5, 5.41) is 3.97. The number of piperidine rings is 1. The predicted octanol–water partition coefficient (Wildman–Crippen LogP) is 3.09. The number of likely N-dealkylation sites (tertiary alicyclic amines) is 1. The molecule has 3 nitrogen and oxygen atoms in total. The third-order valence-corrected chi connectivity index (χ3v) is 4.17. The highest BCUT2D eigenvalue weighted by molar-refractivity contribution is 6.31. The molecule has 0 radical (unpaired) electrons. The van der Waals surface area contributed by atoms with E-state index in [1.54, 1.807) is 0 Å². The number of ether oxygens (including phenoxy) is 1. The van der Waals surface area contributed by atoms with Crippen LogP contribution in [0.15, 0.2) is 18.2 Å². The fourth-order valence-corrected chi connectivity index (χ4v) is 2.72. The zero-order valence-electron chi connectivity index (χ0n) is 11.9. The number of nitrogens with one attached hydrogen (secondary N) is 1. The minimum absolute atomic E-state index is 0.255. The molecule has 1 aliphatic rings. The van der Waals surface area contributed by atoms with Crippen LogP contribution in [0.25, 0.3) is 0 Å². The summed E-state index contributed by atoms with van der Waals surface area (Å²) in [6, 6.07) is 6.26. The smallest absolute Gasteiger partial charge is 0.121 e. The Hall–Kier alpha value is -0.770. The van der Waals surface area contributed by atoms with Crippen LogP contribution in [-0.2, 0) is 0 Å². The van der Waals surface area contributed by atoms with E-state index in [0.717, 1.165) is 42.3 Å². The third-order valence-electron chi connectivity index (χ3n) is 3.84. The van der Waals surface area contributed by atoms with Crippen molar-refractivity contribution in [2.24, 2.45) is 0 Å². The average molecular weight is 283 g/mol. The molecule has 0 saturated carbocycles. The van der Waals surface area contributed by atoms with Gasteiger partial charge in [-0.3, -0.25) is 0 Å². The molecule has 19 heavy (non-hydrogen) atoms. The Labute approximate surface area is 120 Å². The highest BCUT2D eigenvalue weighted by Gasteiger charge is 2.18. The summed E-state index contributed by atoms with van der Waals surface area (Å²) in [5.74, 6) is 0.881. The molecule has 1 atom stereocenters. The highest BCUT2D eigenvalue weighted by Crippen LogP contribution is 2.28. The van der Waals surface area contributed by atoms with Crippen molar-refractivity contribution in [1.29, 1.82) is 0 Å². The first-order valence-electron chi connectivity index (χ1n) is 6.92. The van der Waals surface area contributed by atoms with E-state index in [9.17, 15) is 0 Å². The zero-order valence-corrected chi connectivity index (χ0v) is 12.7. The molecule has 1 aromatic rings. The van der Waals surface area contributed by atoms with Gasteiger partial charge in [-0.05, 0) is 51.6 Å². The summed E-state index contributed by atoms with van der Waals surface area (Å²) in [4.78, 5) is 2.34. The fraction of sp³-hybridized carbons (Fsp3) is 0.600. The topological polar surface area (TPSA) is 24.5 Å². The number of nitrogens with zero attached hydrogens (tertiary/aromatic N) is 1. The van der Waals surface area contributed by atoms with E-state index < -0.39 is 0 Å². The summed E-state index contributed by atoms with van der Waals surface area (Å²) in [7, 11) is 4.09.